The van der Waals surface area contributed by atoms with Gasteiger partial charge in [0.25, 0.3) is 0 Å². The molecule has 2 aromatic heterocycles. The lowest BCUT2D eigenvalue weighted by atomic mass is 10.3. The Hall–Kier alpha value is -2.84. The van der Waals surface area contributed by atoms with Gasteiger partial charge in [0.15, 0.2) is 11.5 Å². The number of imidazole rings is 1. The number of rotatable bonds is 4. The second-order valence-corrected chi connectivity index (χ2v) is 5.46. The molecular weight excluding hydrogens is 306 g/mol. The maximum atomic E-state index is 12.8. The van der Waals surface area contributed by atoms with E-state index in [4.69, 9.17) is 5.26 Å². The van der Waals surface area contributed by atoms with Gasteiger partial charge in [-0.3, -0.25) is 9.13 Å². The summed E-state index contributed by atoms with van der Waals surface area (Å²) in [7, 11) is 0. The summed E-state index contributed by atoms with van der Waals surface area (Å²) in [6.45, 7) is 5.74. The van der Waals surface area contributed by atoms with Gasteiger partial charge in [-0.05, 0) is 6.92 Å². The van der Waals surface area contributed by atoms with E-state index in [2.05, 4.69) is 38.1 Å². The van der Waals surface area contributed by atoms with Crippen LogP contribution in [0.4, 0.5) is 5.82 Å². The molecule has 0 atom stereocenters. The molecule has 24 heavy (non-hydrogen) atoms. The molecule has 3 rings (SSSR count). The van der Waals surface area contributed by atoms with E-state index in [1.165, 1.54) is 6.33 Å². The van der Waals surface area contributed by atoms with Crippen LogP contribution in [0.3, 0.4) is 0 Å². The minimum Gasteiger partial charge on any atom is -0.352 e. The van der Waals surface area contributed by atoms with Crippen LogP contribution in [0.2, 0.25) is 0 Å². The van der Waals surface area contributed by atoms with E-state index in [9.17, 15) is 4.79 Å². The third-order valence-electron chi connectivity index (χ3n) is 4.05. The molecule has 3 heterocycles. The maximum Gasteiger partial charge on any atom is 0.331 e. The summed E-state index contributed by atoms with van der Waals surface area (Å²) in [6.07, 6.45) is 1.74. The lowest BCUT2D eigenvalue weighted by molar-refractivity contribution is 0.585. The standard InChI is InChI=1S/C16H19N7O/c1-2-3-8-22-13-14(21-10-6-18-7-11-21)19-12-20-15(13)23(16(22)24)9-4-5-17/h12,18H,4,6-11H2,1H3. The van der Waals surface area contributed by atoms with Gasteiger partial charge in [0, 0.05) is 32.7 Å². The number of piperazine rings is 1. The van der Waals surface area contributed by atoms with Crippen molar-refractivity contribution < 1.29 is 0 Å². The number of anilines is 1. The first kappa shape index (κ1) is 16.0. The van der Waals surface area contributed by atoms with Crippen molar-refractivity contribution in [3.05, 3.63) is 16.8 Å². The van der Waals surface area contributed by atoms with Crippen LogP contribution in [0.25, 0.3) is 11.2 Å². The average Bonchev–Trinajstić information content (AvgIpc) is 2.90. The quantitative estimate of drug-likeness (QED) is 0.792. The van der Waals surface area contributed by atoms with Gasteiger partial charge in [-0.25, -0.2) is 14.8 Å². The van der Waals surface area contributed by atoms with Gasteiger partial charge >= 0.3 is 5.69 Å². The number of hydrogen-bond donors (Lipinski definition) is 1. The van der Waals surface area contributed by atoms with Gasteiger partial charge in [-0.15, -0.1) is 5.92 Å². The van der Waals surface area contributed by atoms with Crippen LogP contribution in [0, 0.1) is 23.2 Å². The molecule has 1 aliphatic heterocycles. The Morgan fingerprint density at radius 3 is 2.79 bits per heavy atom. The van der Waals surface area contributed by atoms with Gasteiger partial charge < -0.3 is 10.2 Å². The van der Waals surface area contributed by atoms with Crippen LogP contribution in [0.15, 0.2) is 11.1 Å². The molecule has 0 aliphatic carbocycles. The summed E-state index contributed by atoms with van der Waals surface area (Å²) in [5, 5.41) is 12.2. The minimum absolute atomic E-state index is 0.195. The molecule has 0 amide bonds. The van der Waals surface area contributed by atoms with Gasteiger partial charge in [0.2, 0.25) is 0 Å². The minimum atomic E-state index is -0.195. The number of aromatic nitrogens is 4. The second kappa shape index (κ2) is 7.16. The molecule has 1 N–H and O–H groups in total. The zero-order valence-electron chi connectivity index (χ0n) is 13.6. The highest BCUT2D eigenvalue weighted by Gasteiger charge is 2.22. The molecule has 8 heteroatoms. The Kier molecular flexibility index (Phi) is 4.78. The van der Waals surface area contributed by atoms with Crippen molar-refractivity contribution in [3.63, 3.8) is 0 Å². The fourth-order valence-corrected chi connectivity index (χ4v) is 2.91. The molecule has 0 unspecified atom stereocenters. The summed E-state index contributed by atoms with van der Waals surface area (Å²) in [4.78, 5) is 23.7. The molecule has 1 fully saturated rings. The third-order valence-corrected chi connectivity index (χ3v) is 4.05. The molecule has 124 valence electrons. The molecule has 2 aromatic rings. The Bertz CT molecular complexity index is 887. The van der Waals surface area contributed by atoms with E-state index >= 15 is 0 Å². The molecule has 8 nitrogen and oxygen atoms in total. The van der Waals surface area contributed by atoms with Crippen LogP contribution >= 0.6 is 0 Å². The predicted octanol–water partition coefficient (Wildman–Crippen LogP) is -0.0604. The highest BCUT2D eigenvalue weighted by atomic mass is 16.1. The first-order valence-corrected chi connectivity index (χ1v) is 7.94. The number of nitrogens with zero attached hydrogens (tertiary/aromatic N) is 6. The SMILES string of the molecule is CC#CCn1c(=O)n(CCC#N)c2ncnc(N3CCNCC3)c21. The number of hydrogen-bond acceptors (Lipinski definition) is 6. The van der Waals surface area contributed by atoms with Crippen LogP contribution < -0.4 is 15.9 Å². The van der Waals surface area contributed by atoms with E-state index in [-0.39, 0.29) is 18.7 Å². The van der Waals surface area contributed by atoms with Crippen molar-refractivity contribution in [2.75, 3.05) is 31.1 Å². The zero-order chi connectivity index (χ0) is 16.9. The van der Waals surface area contributed by atoms with E-state index in [0.29, 0.717) is 17.7 Å². The fourth-order valence-electron chi connectivity index (χ4n) is 2.91. The van der Waals surface area contributed by atoms with Crippen molar-refractivity contribution in [3.8, 4) is 17.9 Å². The average molecular weight is 325 g/mol. The Balaban J connectivity index is 2.20. The van der Waals surface area contributed by atoms with E-state index in [1.807, 2.05) is 0 Å². The Labute approximate surface area is 139 Å². The number of nitriles is 1. The summed E-state index contributed by atoms with van der Waals surface area (Å²) in [5.41, 5.74) is 1.07. The normalized spacial score (nSPS) is 14.2. The summed E-state index contributed by atoms with van der Waals surface area (Å²) in [5.74, 6) is 6.53. The highest BCUT2D eigenvalue weighted by Crippen LogP contribution is 2.22. The maximum absolute atomic E-state index is 12.8. The first-order valence-electron chi connectivity index (χ1n) is 7.94. The van der Waals surface area contributed by atoms with Gasteiger partial charge in [0.1, 0.15) is 11.8 Å². The smallest absolute Gasteiger partial charge is 0.331 e. The monoisotopic (exact) mass is 325 g/mol. The Morgan fingerprint density at radius 1 is 1.29 bits per heavy atom. The van der Waals surface area contributed by atoms with Crippen molar-refractivity contribution in [1.29, 1.82) is 5.26 Å². The molecular formula is C16H19N7O. The molecule has 1 saturated heterocycles. The third kappa shape index (κ3) is 2.84. The topological polar surface area (TPSA) is 91.8 Å². The Morgan fingerprint density at radius 2 is 2.08 bits per heavy atom. The molecule has 1 aliphatic rings. The van der Waals surface area contributed by atoms with Crippen LogP contribution in [0.1, 0.15) is 13.3 Å². The van der Waals surface area contributed by atoms with E-state index in [1.54, 1.807) is 16.1 Å². The second-order valence-electron chi connectivity index (χ2n) is 5.46. The lowest BCUT2D eigenvalue weighted by Crippen LogP contribution is -2.44. The molecule has 0 aromatic carbocycles. The van der Waals surface area contributed by atoms with Crippen molar-refractivity contribution >= 4 is 17.0 Å². The van der Waals surface area contributed by atoms with Gasteiger partial charge in [0.05, 0.1) is 19.0 Å². The summed E-state index contributed by atoms with van der Waals surface area (Å²) >= 11 is 0. The fraction of sp³-hybridized carbons (Fsp3) is 0.500. The summed E-state index contributed by atoms with van der Waals surface area (Å²) in [6, 6.07) is 2.08. The van der Waals surface area contributed by atoms with Crippen LogP contribution in [0.5, 0.6) is 0 Å². The molecule has 0 saturated carbocycles. The molecule has 0 spiro atoms. The first-order chi connectivity index (χ1) is 11.8. The van der Waals surface area contributed by atoms with E-state index < -0.39 is 0 Å². The zero-order valence-corrected chi connectivity index (χ0v) is 13.6. The highest BCUT2D eigenvalue weighted by molar-refractivity contribution is 5.84. The number of nitrogens with one attached hydrogen (secondary N) is 1. The lowest BCUT2D eigenvalue weighted by Gasteiger charge is -2.28. The molecule has 0 radical (unpaired) electrons. The number of fused-ring (bicyclic) bond motifs is 1. The van der Waals surface area contributed by atoms with Crippen molar-refractivity contribution in [1.82, 2.24) is 24.4 Å². The number of aryl methyl sites for hydroxylation is 1. The van der Waals surface area contributed by atoms with Crippen LogP contribution in [-0.2, 0) is 13.1 Å². The van der Waals surface area contributed by atoms with Crippen molar-refractivity contribution in [2.45, 2.75) is 26.4 Å². The summed E-state index contributed by atoms with van der Waals surface area (Å²) < 4.78 is 3.16. The van der Waals surface area contributed by atoms with Crippen LogP contribution in [-0.4, -0.2) is 45.3 Å². The van der Waals surface area contributed by atoms with Gasteiger partial charge in [-0.1, -0.05) is 5.92 Å². The predicted molar refractivity (Wildman–Crippen MR) is 90.6 cm³/mol. The largest absolute Gasteiger partial charge is 0.352 e. The van der Waals surface area contributed by atoms with Crippen molar-refractivity contribution in [2.24, 2.45) is 0 Å². The molecule has 0 bridgehead atoms. The van der Waals surface area contributed by atoms with E-state index in [0.717, 1.165) is 32.0 Å². The van der Waals surface area contributed by atoms with Gasteiger partial charge in [-0.2, -0.15) is 5.26 Å².